The smallest absolute Gasteiger partial charge is 0.407 e. The van der Waals surface area contributed by atoms with E-state index in [-0.39, 0.29) is 31.4 Å². The van der Waals surface area contributed by atoms with E-state index in [4.69, 9.17) is 4.74 Å². The van der Waals surface area contributed by atoms with E-state index in [0.717, 1.165) is 0 Å². The lowest BCUT2D eigenvalue weighted by atomic mass is 10.2. The van der Waals surface area contributed by atoms with Crippen molar-refractivity contribution in [2.75, 3.05) is 36.1 Å². The van der Waals surface area contributed by atoms with Crippen LogP contribution in [-0.4, -0.2) is 77.0 Å². The standard InChI is InChI=1S/C9H16F3NO4S.C4H8F3NO2S.2ClH/c1-8(2,3)17-7(14)13-4-5-18(15,16)6-9(10,11)12;5-4(6,7)3-11(9,10)2-1-8;;/h4-6H2,1-3H3,(H,13,14);1-3,8H2;2*1H. The number of ether oxygens (including phenoxy) is 1. The highest BCUT2D eigenvalue weighted by molar-refractivity contribution is 7.91. The molecule has 0 radical (unpaired) electrons. The summed E-state index contributed by atoms with van der Waals surface area (Å²) in [6.07, 6.45) is -10.3. The molecule has 0 aliphatic heterocycles. The molecule has 0 atom stereocenters. The van der Waals surface area contributed by atoms with Crippen LogP contribution in [-0.2, 0) is 24.4 Å². The fourth-order valence-corrected chi connectivity index (χ4v) is 3.62. The van der Waals surface area contributed by atoms with Crippen molar-refractivity contribution in [2.45, 2.75) is 38.7 Å². The second kappa shape index (κ2) is 14.4. The number of carbonyl (C=O) groups is 1. The van der Waals surface area contributed by atoms with E-state index in [1.807, 2.05) is 0 Å². The normalized spacial score (nSPS) is 12.5. The number of alkyl carbamates (subject to hydrolysis) is 1. The molecule has 0 heterocycles. The maximum absolute atomic E-state index is 11.9. The van der Waals surface area contributed by atoms with E-state index in [1.54, 1.807) is 20.8 Å². The third kappa shape index (κ3) is 29.3. The predicted molar refractivity (Wildman–Crippen MR) is 98.7 cm³/mol. The highest BCUT2D eigenvalue weighted by atomic mass is 35.5. The minimum absolute atomic E-state index is 0. The molecule has 4 N–H and O–H groups in total. The van der Waals surface area contributed by atoms with Crippen LogP contribution in [0.15, 0.2) is 0 Å². The maximum atomic E-state index is 11.9. The molecule has 0 saturated carbocycles. The van der Waals surface area contributed by atoms with E-state index >= 15 is 0 Å². The number of rotatable bonds is 7. The molecule has 0 spiro atoms. The van der Waals surface area contributed by atoms with Crippen molar-refractivity contribution < 1.29 is 70.9 Å². The number of hydrogen-bond acceptors (Lipinski definition) is 6. The average molecular weight is 555 g/mol. The Kier molecular flexibility index (Phi) is 17.5. The number of amides is 1. The number of carbonyl (C=O) groups excluding carboxylic acids is 1. The fraction of sp³-hybridized carbons (Fsp3) is 0.923. The Morgan fingerprint density at radius 3 is 1.52 bits per heavy atom. The molecule has 8 nitrogen and oxygen atoms in total. The Hall–Kier alpha value is -0.710. The van der Waals surface area contributed by atoms with Crippen LogP contribution in [0.4, 0.5) is 31.1 Å². The first kappa shape index (κ1) is 37.6. The summed E-state index contributed by atoms with van der Waals surface area (Å²) in [6, 6.07) is 0. The summed E-state index contributed by atoms with van der Waals surface area (Å²) >= 11 is 0. The molecule has 18 heteroatoms. The van der Waals surface area contributed by atoms with Gasteiger partial charge in [-0.2, -0.15) is 26.3 Å². The Labute approximate surface area is 189 Å². The molecule has 0 unspecified atom stereocenters. The fourth-order valence-electron chi connectivity index (χ4n) is 1.49. The third-order valence-corrected chi connectivity index (χ3v) is 5.57. The number of hydrogen-bond donors (Lipinski definition) is 2. The van der Waals surface area contributed by atoms with Crippen molar-refractivity contribution in [1.29, 1.82) is 0 Å². The van der Waals surface area contributed by atoms with Gasteiger partial charge in [0.15, 0.2) is 19.7 Å². The van der Waals surface area contributed by atoms with Crippen LogP contribution in [0.2, 0.25) is 0 Å². The summed E-state index contributed by atoms with van der Waals surface area (Å²) in [7, 11) is -8.25. The second-order valence-corrected chi connectivity index (χ2v) is 11.1. The van der Waals surface area contributed by atoms with Crippen LogP contribution in [0.1, 0.15) is 20.8 Å². The quantitative estimate of drug-likeness (QED) is 0.354. The number of nitrogens with one attached hydrogen (secondary N) is 1. The van der Waals surface area contributed by atoms with Crippen LogP contribution in [0.3, 0.4) is 0 Å². The summed E-state index contributed by atoms with van der Waals surface area (Å²) in [4.78, 5) is 11.1. The zero-order valence-electron chi connectivity index (χ0n) is 16.8. The van der Waals surface area contributed by atoms with Gasteiger partial charge in [0, 0.05) is 6.54 Å². The maximum Gasteiger partial charge on any atom is 0.407 e. The van der Waals surface area contributed by atoms with Gasteiger partial charge in [-0.25, -0.2) is 21.6 Å². The lowest BCUT2D eigenvalue weighted by Crippen LogP contribution is -3.00. The first-order chi connectivity index (χ1) is 12.6. The van der Waals surface area contributed by atoms with Crippen molar-refractivity contribution in [3.63, 3.8) is 0 Å². The van der Waals surface area contributed by atoms with Gasteiger partial charge in [-0.1, -0.05) is 0 Å². The van der Waals surface area contributed by atoms with Gasteiger partial charge in [-0.15, -0.1) is 12.4 Å². The first-order valence-electron chi connectivity index (χ1n) is 7.88. The van der Waals surface area contributed by atoms with Gasteiger partial charge in [0.05, 0.1) is 18.1 Å². The largest absolute Gasteiger partial charge is 1.00 e. The molecule has 0 aliphatic rings. The topological polar surface area (TPSA) is 134 Å². The minimum atomic E-state index is -4.77. The average Bonchev–Trinajstić information content (AvgIpc) is 2.29. The van der Waals surface area contributed by atoms with Crippen LogP contribution >= 0.6 is 12.4 Å². The summed E-state index contributed by atoms with van der Waals surface area (Å²) in [5.41, 5.74) is 2.40. The molecular weight excluding hydrogens is 529 g/mol. The zero-order chi connectivity index (χ0) is 23.7. The highest BCUT2D eigenvalue weighted by Crippen LogP contribution is 2.18. The van der Waals surface area contributed by atoms with E-state index < -0.39 is 73.3 Å². The molecule has 31 heavy (non-hydrogen) atoms. The van der Waals surface area contributed by atoms with Gasteiger partial charge in [0.1, 0.15) is 17.1 Å². The Morgan fingerprint density at radius 1 is 0.871 bits per heavy atom. The highest BCUT2D eigenvalue weighted by Gasteiger charge is 2.35. The molecule has 1 amide bonds. The summed E-state index contributed by atoms with van der Waals surface area (Å²) in [6.45, 7) is 4.36. The third-order valence-electron chi connectivity index (χ3n) is 2.30. The Morgan fingerprint density at radius 2 is 1.23 bits per heavy atom. The summed E-state index contributed by atoms with van der Waals surface area (Å²) in [5.74, 6) is -4.93. The number of sulfone groups is 2. The Balaban J connectivity index is -0.000000244. The van der Waals surface area contributed by atoms with Crippen molar-refractivity contribution in [3.8, 4) is 0 Å². The van der Waals surface area contributed by atoms with Crippen LogP contribution in [0, 0.1) is 0 Å². The number of quaternary nitrogens is 1. The van der Waals surface area contributed by atoms with Gasteiger partial charge in [-0.3, -0.25) is 0 Å². The van der Waals surface area contributed by atoms with E-state index in [1.165, 1.54) is 0 Å². The van der Waals surface area contributed by atoms with Crippen molar-refractivity contribution in [2.24, 2.45) is 0 Å². The second-order valence-electron chi connectivity index (χ2n) is 6.70. The van der Waals surface area contributed by atoms with Gasteiger partial charge < -0.3 is 28.2 Å². The minimum Gasteiger partial charge on any atom is -1.00 e. The monoisotopic (exact) mass is 554 g/mol. The van der Waals surface area contributed by atoms with Gasteiger partial charge >= 0.3 is 18.4 Å². The molecule has 0 bridgehead atoms. The molecule has 0 rings (SSSR count). The van der Waals surface area contributed by atoms with Gasteiger partial charge in [-0.05, 0) is 20.8 Å². The van der Waals surface area contributed by atoms with Crippen LogP contribution < -0.4 is 23.5 Å². The van der Waals surface area contributed by atoms with Crippen molar-refractivity contribution >= 4 is 38.2 Å². The van der Waals surface area contributed by atoms with Crippen molar-refractivity contribution in [3.05, 3.63) is 0 Å². The molecular formula is C13H26Cl2F6N2O6S2. The van der Waals surface area contributed by atoms with E-state index in [2.05, 4.69) is 11.1 Å². The zero-order valence-corrected chi connectivity index (χ0v) is 20.0. The van der Waals surface area contributed by atoms with Crippen molar-refractivity contribution in [1.82, 2.24) is 5.32 Å². The summed E-state index contributed by atoms with van der Waals surface area (Å²) in [5, 5.41) is 2.07. The van der Waals surface area contributed by atoms with Gasteiger partial charge in [0.2, 0.25) is 0 Å². The van der Waals surface area contributed by atoms with E-state index in [9.17, 15) is 48.0 Å². The summed E-state index contributed by atoms with van der Waals surface area (Å²) < 4.78 is 118. The molecule has 192 valence electrons. The molecule has 0 aromatic heterocycles. The predicted octanol–water partition coefficient (Wildman–Crippen LogP) is -1.88. The molecule has 0 aromatic carbocycles. The SMILES string of the molecule is CC(C)(C)OC(=O)NCCS(=O)(=O)CC(F)(F)F.Cl.[Cl-].[NH3+]CCS(=O)(=O)CC(F)(F)F. The lowest BCUT2D eigenvalue weighted by molar-refractivity contribution is -0.360. The Bertz CT molecular complexity index is 722. The van der Waals surface area contributed by atoms with E-state index in [0.29, 0.717) is 0 Å². The van der Waals surface area contributed by atoms with Gasteiger partial charge in [0.25, 0.3) is 0 Å². The molecule has 0 aromatic rings. The first-order valence-corrected chi connectivity index (χ1v) is 11.5. The number of alkyl halides is 6. The molecule has 0 saturated heterocycles. The number of halogens is 8. The van der Waals surface area contributed by atoms with Crippen LogP contribution in [0.5, 0.6) is 0 Å². The van der Waals surface area contributed by atoms with Crippen LogP contribution in [0.25, 0.3) is 0 Å². The lowest BCUT2D eigenvalue weighted by Gasteiger charge is -2.19. The molecule has 0 fully saturated rings. The molecule has 0 aliphatic carbocycles.